The van der Waals surface area contributed by atoms with Crippen LogP contribution in [0.1, 0.15) is 45.4 Å². The van der Waals surface area contributed by atoms with Crippen LogP contribution in [0.2, 0.25) is 0 Å². The Morgan fingerprint density at radius 3 is 2.56 bits per heavy atom. The largest absolute Gasteiger partial charge is 0.395 e. The monoisotopic (exact) mass is 275 g/mol. The van der Waals surface area contributed by atoms with Crippen LogP contribution < -0.4 is 0 Å². The highest BCUT2D eigenvalue weighted by molar-refractivity contribution is 6.23. The Labute approximate surface area is 115 Å². The van der Waals surface area contributed by atoms with Crippen LogP contribution >= 0.6 is 11.6 Å². The van der Waals surface area contributed by atoms with E-state index in [0.29, 0.717) is 5.92 Å². The molecule has 1 aliphatic carbocycles. The summed E-state index contributed by atoms with van der Waals surface area (Å²) in [4.78, 5) is 2.37. The number of aliphatic hydroxyl groups is 2. The minimum atomic E-state index is -0.226. The fourth-order valence-corrected chi connectivity index (χ4v) is 3.52. The molecule has 0 spiro atoms. The molecule has 3 nitrogen and oxygen atoms in total. The number of likely N-dealkylation sites (tertiary alicyclic amines) is 1. The second kappa shape index (κ2) is 6.08. The third-order valence-electron chi connectivity index (χ3n) is 4.66. The van der Waals surface area contributed by atoms with Crippen LogP contribution in [0.5, 0.6) is 0 Å². The van der Waals surface area contributed by atoms with Gasteiger partial charge in [0.2, 0.25) is 0 Å². The van der Waals surface area contributed by atoms with Crippen LogP contribution in [0.15, 0.2) is 0 Å². The van der Waals surface area contributed by atoms with Gasteiger partial charge in [-0.25, -0.2) is 0 Å². The van der Waals surface area contributed by atoms with Gasteiger partial charge < -0.3 is 10.2 Å². The SMILES string of the molecule is CC1(Cl)CCC(CN2CCC(O)CC2CO)CC1. The highest BCUT2D eigenvalue weighted by Gasteiger charge is 2.32. The van der Waals surface area contributed by atoms with Gasteiger partial charge in [-0.3, -0.25) is 4.90 Å². The summed E-state index contributed by atoms with van der Waals surface area (Å²) in [5, 5.41) is 19.1. The summed E-state index contributed by atoms with van der Waals surface area (Å²) < 4.78 is 0. The maximum absolute atomic E-state index is 9.65. The minimum absolute atomic E-state index is 0.00493. The van der Waals surface area contributed by atoms with E-state index in [4.69, 9.17) is 11.6 Å². The molecule has 0 aromatic carbocycles. The van der Waals surface area contributed by atoms with Crippen molar-refractivity contribution >= 4 is 11.6 Å². The highest BCUT2D eigenvalue weighted by atomic mass is 35.5. The molecule has 0 amide bonds. The molecule has 0 radical (unpaired) electrons. The summed E-state index contributed by atoms with van der Waals surface area (Å²) in [5.41, 5.74) is 0. The molecular formula is C14H26ClNO2. The summed E-state index contributed by atoms with van der Waals surface area (Å²) in [5.74, 6) is 0.709. The molecule has 0 aromatic heterocycles. The first-order valence-corrected chi connectivity index (χ1v) is 7.60. The van der Waals surface area contributed by atoms with E-state index < -0.39 is 0 Å². The number of rotatable bonds is 3. The molecule has 1 saturated heterocycles. The normalized spacial score (nSPS) is 43.0. The van der Waals surface area contributed by atoms with Crippen molar-refractivity contribution in [2.75, 3.05) is 19.7 Å². The molecule has 2 atom stereocenters. The summed E-state index contributed by atoms with van der Waals surface area (Å²) in [6.45, 7) is 4.28. The van der Waals surface area contributed by atoms with Crippen molar-refractivity contribution in [1.82, 2.24) is 4.90 Å². The first-order chi connectivity index (χ1) is 8.50. The van der Waals surface area contributed by atoms with Crippen LogP contribution in [0.4, 0.5) is 0 Å². The van der Waals surface area contributed by atoms with Crippen molar-refractivity contribution in [3.05, 3.63) is 0 Å². The van der Waals surface area contributed by atoms with E-state index in [1.807, 2.05) is 0 Å². The van der Waals surface area contributed by atoms with Crippen molar-refractivity contribution in [1.29, 1.82) is 0 Å². The van der Waals surface area contributed by atoms with Crippen LogP contribution in [0.3, 0.4) is 0 Å². The van der Waals surface area contributed by atoms with Crippen LogP contribution in [0, 0.1) is 5.92 Å². The molecule has 2 unspecified atom stereocenters. The van der Waals surface area contributed by atoms with E-state index in [-0.39, 0.29) is 23.6 Å². The maximum atomic E-state index is 9.65. The van der Waals surface area contributed by atoms with Gasteiger partial charge in [0.05, 0.1) is 12.7 Å². The van der Waals surface area contributed by atoms with E-state index in [0.717, 1.165) is 38.8 Å². The Morgan fingerprint density at radius 2 is 1.94 bits per heavy atom. The summed E-state index contributed by atoms with van der Waals surface area (Å²) in [6.07, 6.45) is 5.91. The lowest BCUT2D eigenvalue weighted by molar-refractivity contribution is 0.00614. The number of nitrogens with zero attached hydrogens (tertiary/aromatic N) is 1. The molecule has 2 rings (SSSR count). The average molecular weight is 276 g/mol. The zero-order chi connectivity index (χ0) is 13.2. The standard InChI is InChI=1S/C14H26ClNO2/c1-14(15)5-2-11(3-6-14)9-16-7-4-13(18)8-12(16)10-17/h11-13,17-18H,2-10H2,1H3. The van der Waals surface area contributed by atoms with Crippen LogP contribution in [-0.2, 0) is 0 Å². The van der Waals surface area contributed by atoms with Gasteiger partial charge in [0.1, 0.15) is 0 Å². The molecule has 0 aromatic rings. The van der Waals surface area contributed by atoms with Crippen molar-refractivity contribution < 1.29 is 10.2 Å². The molecule has 4 heteroatoms. The molecule has 1 heterocycles. The summed E-state index contributed by atoms with van der Waals surface area (Å²) in [7, 11) is 0. The quantitative estimate of drug-likeness (QED) is 0.775. The number of aliphatic hydroxyl groups excluding tert-OH is 2. The zero-order valence-electron chi connectivity index (χ0n) is 11.3. The number of piperidine rings is 1. The number of hydrogen-bond acceptors (Lipinski definition) is 3. The first-order valence-electron chi connectivity index (χ1n) is 7.22. The van der Waals surface area contributed by atoms with Gasteiger partial charge in [-0.2, -0.15) is 0 Å². The van der Waals surface area contributed by atoms with Gasteiger partial charge in [0, 0.05) is 24.0 Å². The van der Waals surface area contributed by atoms with Crippen molar-refractivity contribution in [2.24, 2.45) is 5.92 Å². The lowest BCUT2D eigenvalue weighted by Crippen LogP contribution is -2.48. The Bertz CT molecular complexity index is 263. The predicted octanol–water partition coefficient (Wildman–Crippen LogP) is 1.99. The van der Waals surface area contributed by atoms with Gasteiger partial charge in [-0.15, -0.1) is 11.6 Å². The van der Waals surface area contributed by atoms with Gasteiger partial charge in [-0.1, -0.05) is 0 Å². The Morgan fingerprint density at radius 1 is 1.28 bits per heavy atom. The maximum Gasteiger partial charge on any atom is 0.0587 e. The molecule has 1 aliphatic heterocycles. The Kier molecular flexibility index (Phi) is 4.92. The van der Waals surface area contributed by atoms with Gasteiger partial charge >= 0.3 is 0 Å². The van der Waals surface area contributed by atoms with Crippen molar-refractivity contribution in [3.63, 3.8) is 0 Å². The number of alkyl halides is 1. The molecule has 2 fully saturated rings. The highest BCUT2D eigenvalue weighted by Crippen LogP contribution is 2.37. The second-order valence-electron chi connectivity index (χ2n) is 6.37. The lowest BCUT2D eigenvalue weighted by atomic mass is 9.81. The molecule has 1 saturated carbocycles. The van der Waals surface area contributed by atoms with E-state index in [1.165, 1.54) is 12.8 Å². The fraction of sp³-hybridized carbons (Fsp3) is 1.00. The Balaban J connectivity index is 1.82. The summed E-state index contributed by atoms with van der Waals surface area (Å²) >= 11 is 6.37. The zero-order valence-corrected chi connectivity index (χ0v) is 12.1. The lowest BCUT2D eigenvalue weighted by Gasteiger charge is -2.41. The van der Waals surface area contributed by atoms with Gasteiger partial charge in [-0.05, 0) is 51.4 Å². The second-order valence-corrected chi connectivity index (χ2v) is 7.28. The van der Waals surface area contributed by atoms with Crippen molar-refractivity contribution in [3.8, 4) is 0 Å². The fourth-order valence-electron chi connectivity index (χ4n) is 3.30. The predicted molar refractivity (Wildman–Crippen MR) is 73.9 cm³/mol. The van der Waals surface area contributed by atoms with E-state index in [1.54, 1.807) is 0 Å². The van der Waals surface area contributed by atoms with Gasteiger partial charge in [0.25, 0.3) is 0 Å². The third kappa shape index (κ3) is 3.83. The smallest absolute Gasteiger partial charge is 0.0587 e. The minimum Gasteiger partial charge on any atom is -0.395 e. The molecule has 0 bridgehead atoms. The van der Waals surface area contributed by atoms with E-state index in [9.17, 15) is 10.2 Å². The third-order valence-corrected chi connectivity index (χ3v) is 5.04. The average Bonchev–Trinajstić information content (AvgIpc) is 2.34. The van der Waals surface area contributed by atoms with Crippen LogP contribution in [0.25, 0.3) is 0 Å². The number of halogens is 1. The molecular weight excluding hydrogens is 250 g/mol. The molecule has 2 N–H and O–H groups in total. The van der Waals surface area contributed by atoms with Gasteiger partial charge in [0.15, 0.2) is 0 Å². The Hall–Kier alpha value is 0.170. The molecule has 18 heavy (non-hydrogen) atoms. The molecule has 106 valence electrons. The van der Waals surface area contributed by atoms with E-state index >= 15 is 0 Å². The first kappa shape index (κ1) is 14.6. The summed E-state index contributed by atoms with van der Waals surface area (Å²) in [6, 6.07) is 0.151. The topological polar surface area (TPSA) is 43.7 Å². The van der Waals surface area contributed by atoms with E-state index in [2.05, 4.69) is 11.8 Å². The molecule has 2 aliphatic rings. The van der Waals surface area contributed by atoms with Crippen LogP contribution in [-0.4, -0.2) is 51.8 Å². The number of hydrogen-bond donors (Lipinski definition) is 2. The van der Waals surface area contributed by atoms with Crippen molar-refractivity contribution in [2.45, 2.75) is 62.5 Å².